The van der Waals surface area contributed by atoms with E-state index in [0.29, 0.717) is 23.6 Å². The van der Waals surface area contributed by atoms with E-state index in [4.69, 9.17) is 10.6 Å². The number of nitrogens with one attached hydrogen (secondary N) is 1. The van der Waals surface area contributed by atoms with Crippen molar-refractivity contribution in [3.63, 3.8) is 0 Å². The number of anilines is 1. The molecule has 1 aliphatic heterocycles. The van der Waals surface area contributed by atoms with Crippen LogP contribution in [0, 0.1) is 5.92 Å². The summed E-state index contributed by atoms with van der Waals surface area (Å²) in [5.41, 5.74) is 4.80. The molecular formula is C19H20N6O3. The van der Waals surface area contributed by atoms with Crippen molar-refractivity contribution < 1.29 is 14.3 Å². The zero-order chi connectivity index (χ0) is 19.8. The van der Waals surface area contributed by atoms with E-state index in [9.17, 15) is 9.59 Å². The van der Waals surface area contributed by atoms with Gasteiger partial charge in [-0.2, -0.15) is 5.10 Å². The number of hydrogen-bond donors (Lipinski definition) is 2. The van der Waals surface area contributed by atoms with E-state index in [0.717, 1.165) is 11.1 Å². The summed E-state index contributed by atoms with van der Waals surface area (Å²) in [7, 11) is 0. The molecule has 28 heavy (non-hydrogen) atoms. The normalized spacial score (nSPS) is 16.6. The fraction of sp³-hybridized carbons (Fsp3) is 0.263. The summed E-state index contributed by atoms with van der Waals surface area (Å²) in [6.45, 7) is 4.43. The SMILES string of the molecule is CC(C)C1COC(=O)N1c1ccn2ncc(-c3ccc(C(=O)NN)cc3)c2n1. The van der Waals surface area contributed by atoms with Crippen LogP contribution in [0.15, 0.2) is 42.7 Å². The highest BCUT2D eigenvalue weighted by Crippen LogP contribution is 2.29. The number of carbonyl (C=O) groups excluding carboxylic acids is 2. The van der Waals surface area contributed by atoms with Gasteiger partial charge in [-0.05, 0) is 29.7 Å². The fourth-order valence-electron chi connectivity index (χ4n) is 3.27. The molecule has 0 bridgehead atoms. The zero-order valence-corrected chi connectivity index (χ0v) is 15.5. The van der Waals surface area contributed by atoms with Crippen molar-refractivity contribution in [1.29, 1.82) is 0 Å². The number of hydrogen-bond acceptors (Lipinski definition) is 6. The Hall–Kier alpha value is -3.46. The number of benzene rings is 1. The van der Waals surface area contributed by atoms with Gasteiger partial charge < -0.3 is 4.74 Å². The third-order valence-electron chi connectivity index (χ3n) is 4.87. The molecular weight excluding hydrogens is 360 g/mol. The van der Waals surface area contributed by atoms with Crippen molar-refractivity contribution in [3.05, 3.63) is 48.3 Å². The Balaban J connectivity index is 1.74. The van der Waals surface area contributed by atoms with Gasteiger partial charge in [0.05, 0.1) is 12.2 Å². The number of hydrazine groups is 1. The lowest BCUT2D eigenvalue weighted by Crippen LogP contribution is -2.37. The minimum absolute atomic E-state index is 0.0668. The largest absolute Gasteiger partial charge is 0.447 e. The van der Waals surface area contributed by atoms with E-state index >= 15 is 0 Å². The van der Waals surface area contributed by atoms with E-state index in [1.54, 1.807) is 52.1 Å². The lowest BCUT2D eigenvalue weighted by Gasteiger charge is -2.23. The third kappa shape index (κ3) is 2.95. The van der Waals surface area contributed by atoms with E-state index in [-0.39, 0.29) is 17.9 Å². The Bertz CT molecular complexity index is 1040. The van der Waals surface area contributed by atoms with Gasteiger partial charge in [0.15, 0.2) is 5.65 Å². The Morgan fingerprint density at radius 2 is 2.04 bits per heavy atom. The molecule has 144 valence electrons. The summed E-state index contributed by atoms with van der Waals surface area (Å²) in [5, 5.41) is 4.33. The van der Waals surface area contributed by atoms with E-state index in [2.05, 4.69) is 15.5 Å². The first-order valence-corrected chi connectivity index (χ1v) is 8.91. The molecule has 0 radical (unpaired) electrons. The van der Waals surface area contributed by atoms with Crippen molar-refractivity contribution in [3.8, 4) is 11.1 Å². The minimum atomic E-state index is -0.395. The first-order chi connectivity index (χ1) is 13.5. The number of nitrogens with two attached hydrogens (primary N) is 1. The molecule has 1 atom stereocenters. The van der Waals surface area contributed by atoms with Crippen LogP contribution >= 0.6 is 0 Å². The van der Waals surface area contributed by atoms with Crippen LogP contribution in [-0.2, 0) is 4.74 Å². The molecule has 3 N–H and O–H groups in total. The number of amides is 2. The van der Waals surface area contributed by atoms with Gasteiger partial charge in [-0.3, -0.25) is 15.1 Å². The molecule has 1 saturated heterocycles. The van der Waals surface area contributed by atoms with Gasteiger partial charge in [-0.15, -0.1) is 0 Å². The predicted molar refractivity (Wildman–Crippen MR) is 103 cm³/mol. The van der Waals surface area contributed by atoms with Crippen molar-refractivity contribution >= 4 is 23.5 Å². The first-order valence-electron chi connectivity index (χ1n) is 8.91. The van der Waals surface area contributed by atoms with Gasteiger partial charge in [0.1, 0.15) is 12.4 Å². The van der Waals surface area contributed by atoms with Crippen LogP contribution < -0.4 is 16.2 Å². The van der Waals surface area contributed by atoms with Crippen molar-refractivity contribution in [2.75, 3.05) is 11.5 Å². The molecule has 4 rings (SSSR count). The van der Waals surface area contributed by atoms with Crippen LogP contribution in [0.25, 0.3) is 16.8 Å². The number of carbonyl (C=O) groups is 2. The van der Waals surface area contributed by atoms with Crippen LogP contribution in [0.2, 0.25) is 0 Å². The monoisotopic (exact) mass is 380 g/mol. The smallest absolute Gasteiger partial charge is 0.415 e. The summed E-state index contributed by atoms with van der Waals surface area (Å²) >= 11 is 0. The van der Waals surface area contributed by atoms with Gasteiger partial charge in [-0.1, -0.05) is 26.0 Å². The van der Waals surface area contributed by atoms with Crippen LogP contribution in [0.3, 0.4) is 0 Å². The second-order valence-corrected chi connectivity index (χ2v) is 6.92. The maximum atomic E-state index is 12.2. The van der Waals surface area contributed by atoms with Crippen molar-refractivity contribution in [2.24, 2.45) is 11.8 Å². The highest BCUT2D eigenvalue weighted by atomic mass is 16.6. The molecule has 0 spiro atoms. The quantitative estimate of drug-likeness (QED) is 0.406. The number of nitrogen functional groups attached to an aromatic ring is 1. The number of nitrogens with zero attached hydrogens (tertiary/aromatic N) is 4. The fourth-order valence-corrected chi connectivity index (χ4v) is 3.27. The van der Waals surface area contributed by atoms with Gasteiger partial charge >= 0.3 is 6.09 Å². The predicted octanol–water partition coefficient (Wildman–Crippen LogP) is 1.98. The second-order valence-electron chi connectivity index (χ2n) is 6.92. The number of rotatable bonds is 4. The minimum Gasteiger partial charge on any atom is -0.447 e. The number of aromatic nitrogens is 3. The number of ether oxygens (including phenoxy) is 1. The Morgan fingerprint density at radius 1 is 1.29 bits per heavy atom. The van der Waals surface area contributed by atoms with Crippen LogP contribution in [0.4, 0.5) is 10.6 Å². The molecule has 9 nitrogen and oxygen atoms in total. The molecule has 1 aromatic carbocycles. The number of cyclic esters (lactones) is 1. The van der Waals surface area contributed by atoms with Crippen LogP contribution in [0.5, 0.6) is 0 Å². The second kappa shape index (κ2) is 6.93. The average Bonchev–Trinajstić information content (AvgIpc) is 3.30. The Labute approximate surface area is 161 Å². The Morgan fingerprint density at radius 3 is 2.71 bits per heavy atom. The van der Waals surface area contributed by atoms with E-state index in [1.165, 1.54) is 0 Å². The summed E-state index contributed by atoms with van der Waals surface area (Å²) in [5.74, 6) is 5.56. The molecule has 1 unspecified atom stereocenters. The highest BCUT2D eigenvalue weighted by Gasteiger charge is 2.37. The molecule has 2 amide bonds. The van der Waals surface area contributed by atoms with Crippen LogP contribution in [0.1, 0.15) is 24.2 Å². The molecule has 3 aromatic rings. The lowest BCUT2D eigenvalue weighted by atomic mass is 10.0. The number of fused-ring (bicyclic) bond motifs is 1. The van der Waals surface area contributed by atoms with E-state index < -0.39 is 6.09 Å². The molecule has 1 fully saturated rings. The van der Waals surface area contributed by atoms with Gasteiger partial charge in [-0.25, -0.2) is 20.1 Å². The molecule has 3 heterocycles. The van der Waals surface area contributed by atoms with Gasteiger partial charge in [0.25, 0.3) is 5.91 Å². The maximum absolute atomic E-state index is 12.2. The molecule has 0 aliphatic carbocycles. The summed E-state index contributed by atoms with van der Waals surface area (Å²) in [4.78, 5) is 30.1. The van der Waals surface area contributed by atoms with Gasteiger partial charge in [0, 0.05) is 17.3 Å². The summed E-state index contributed by atoms with van der Waals surface area (Å²) in [6.07, 6.45) is 3.07. The van der Waals surface area contributed by atoms with E-state index in [1.807, 2.05) is 13.8 Å². The van der Waals surface area contributed by atoms with Gasteiger partial charge in [0.2, 0.25) is 0 Å². The zero-order valence-electron chi connectivity index (χ0n) is 15.5. The summed E-state index contributed by atoms with van der Waals surface area (Å²) < 4.78 is 6.87. The third-order valence-corrected chi connectivity index (χ3v) is 4.87. The maximum Gasteiger partial charge on any atom is 0.415 e. The molecule has 0 saturated carbocycles. The van der Waals surface area contributed by atoms with Crippen LogP contribution in [-0.4, -0.2) is 39.2 Å². The average molecular weight is 380 g/mol. The summed E-state index contributed by atoms with van der Waals surface area (Å²) in [6, 6.07) is 8.64. The lowest BCUT2D eigenvalue weighted by molar-refractivity contribution is 0.0953. The highest BCUT2D eigenvalue weighted by molar-refractivity contribution is 5.94. The molecule has 1 aliphatic rings. The molecule has 9 heteroatoms. The first kappa shape index (κ1) is 17.9. The standard InChI is InChI=1S/C19H20N6O3/c1-11(2)15-10-28-19(27)25(15)16-7-8-24-17(22-16)14(9-21-24)12-3-5-13(6-4-12)18(26)23-20/h3-9,11,15H,10,20H2,1-2H3,(H,23,26). The molecule has 2 aromatic heterocycles. The Kier molecular flexibility index (Phi) is 4.44. The van der Waals surface area contributed by atoms with Crippen molar-refractivity contribution in [1.82, 2.24) is 20.0 Å². The topological polar surface area (TPSA) is 115 Å². The van der Waals surface area contributed by atoms with Crippen molar-refractivity contribution in [2.45, 2.75) is 19.9 Å².